The molecule has 9 heavy (non-hydrogen) atoms. The minimum Gasteiger partial charge on any atom is -0.275 e. The summed E-state index contributed by atoms with van der Waals surface area (Å²) in [6, 6.07) is 0. The Balaban J connectivity index is 0.000000640. The Labute approximate surface area is 99.8 Å². The maximum Gasteiger partial charge on any atom is 1.00 e. The van der Waals surface area contributed by atoms with Gasteiger partial charge in [0.05, 0.1) is 0 Å². The molecule has 0 nitrogen and oxygen atoms in total. The van der Waals surface area contributed by atoms with E-state index in [-0.39, 0.29) is 51.4 Å². The molecule has 0 saturated carbocycles. The van der Waals surface area contributed by atoms with Crippen LogP contribution < -0.4 is 51.4 Å². The number of allylic oxidation sites excluding steroid dienone is 4. The normalized spacial score (nSPS) is 21.3. The van der Waals surface area contributed by atoms with Gasteiger partial charge in [-0.1, -0.05) is 19.3 Å². The summed E-state index contributed by atoms with van der Waals surface area (Å²) in [6.45, 7) is 0. The summed E-state index contributed by atoms with van der Waals surface area (Å²) in [7, 11) is 0. The van der Waals surface area contributed by atoms with E-state index in [9.17, 15) is 0 Å². The first-order valence-electron chi connectivity index (χ1n) is 3.22. The van der Waals surface area contributed by atoms with E-state index < -0.39 is 0 Å². The molecule has 0 bridgehead atoms. The molecule has 0 unspecified atom stereocenters. The Morgan fingerprint density at radius 3 is 3.00 bits per heavy atom. The topological polar surface area (TPSA) is 0 Å². The third-order valence-electron chi connectivity index (χ3n) is 1.29. The van der Waals surface area contributed by atoms with Crippen molar-refractivity contribution in [3.8, 4) is 0 Å². The summed E-state index contributed by atoms with van der Waals surface area (Å²) in [5.41, 5.74) is 0. The first-order valence-corrected chi connectivity index (χ1v) is 3.22. The van der Waals surface area contributed by atoms with Crippen molar-refractivity contribution in [3.63, 3.8) is 0 Å². The minimum atomic E-state index is 0. The first-order chi connectivity index (χ1) is 4.00. The van der Waals surface area contributed by atoms with Crippen LogP contribution >= 0.6 is 0 Å². The second kappa shape index (κ2) is 7.23. The third kappa shape index (κ3) is 5.56. The van der Waals surface area contributed by atoms with Gasteiger partial charge >= 0.3 is 51.4 Å². The van der Waals surface area contributed by atoms with E-state index in [2.05, 4.69) is 18.2 Å². The van der Waals surface area contributed by atoms with E-state index in [1.807, 2.05) is 6.08 Å². The number of hydrogen-bond donors (Lipinski definition) is 0. The van der Waals surface area contributed by atoms with Gasteiger partial charge in [0.25, 0.3) is 0 Å². The Morgan fingerprint density at radius 1 is 1.22 bits per heavy atom. The average Bonchev–Trinajstić information content (AvgIpc) is 1.62. The molecule has 0 aromatic rings. The van der Waals surface area contributed by atoms with Crippen molar-refractivity contribution in [1.82, 2.24) is 0 Å². The largest absolute Gasteiger partial charge is 1.00 e. The smallest absolute Gasteiger partial charge is 0.275 e. The van der Waals surface area contributed by atoms with Crippen LogP contribution in [-0.4, -0.2) is 0 Å². The van der Waals surface area contributed by atoms with Gasteiger partial charge in [-0.3, -0.25) is 6.08 Å². The molecule has 0 fully saturated rings. The Hall–Kier alpha value is 1.12. The van der Waals surface area contributed by atoms with Gasteiger partial charge in [-0.25, -0.2) is 12.2 Å². The van der Waals surface area contributed by atoms with E-state index >= 15 is 0 Å². The van der Waals surface area contributed by atoms with Gasteiger partial charge in [-0.05, 0) is 0 Å². The molecule has 0 N–H and O–H groups in total. The van der Waals surface area contributed by atoms with E-state index in [4.69, 9.17) is 0 Å². The fourth-order valence-corrected chi connectivity index (χ4v) is 0.805. The molecule has 0 aliphatic heterocycles. The van der Waals surface area contributed by atoms with Crippen molar-refractivity contribution in [1.29, 1.82) is 0 Å². The van der Waals surface area contributed by atoms with Crippen LogP contribution in [0.25, 0.3) is 0 Å². The van der Waals surface area contributed by atoms with Gasteiger partial charge < -0.3 is 0 Å². The number of rotatable bonds is 0. The van der Waals surface area contributed by atoms with Crippen molar-refractivity contribution in [2.24, 2.45) is 0 Å². The molecule has 0 spiro atoms. The molecule has 0 amide bonds. The Morgan fingerprint density at radius 2 is 2.11 bits per heavy atom. The van der Waals surface area contributed by atoms with Crippen LogP contribution in [-0.2, 0) is 0 Å². The monoisotopic (exact) mass is 146 g/mol. The van der Waals surface area contributed by atoms with Crippen molar-refractivity contribution >= 4 is 0 Å². The van der Waals surface area contributed by atoms with E-state index in [1.54, 1.807) is 0 Å². The Bertz CT molecular complexity index is 89.1. The molecule has 1 rings (SSSR count). The summed E-state index contributed by atoms with van der Waals surface area (Å²) in [5, 5.41) is 0. The van der Waals surface area contributed by atoms with Crippen LogP contribution in [0.15, 0.2) is 18.2 Å². The molecule has 0 aromatic heterocycles. The average molecular weight is 146 g/mol. The summed E-state index contributed by atoms with van der Waals surface area (Å²) >= 11 is 0. The van der Waals surface area contributed by atoms with Gasteiger partial charge in [0, 0.05) is 0 Å². The summed E-state index contributed by atoms with van der Waals surface area (Å²) in [4.78, 5) is 0. The van der Waals surface area contributed by atoms with Crippen molar-refractivity contribution in [2.45, 2.75) is 25.7 Å². The second-order valence-corrected chi connectivity index (χ2v) is 2.04. The van der Waals surface area contributed by atoms with Crippen molar-refractivity contribution in [2.75, 3.05) is 0 Å². The second-order valence-electron chi connectivity index (χ2n) is 2.04. The molecular formula is C8H11K. The molecule has 0 atom stereocenters. The molecule has 0 radical (unpaired) electrons. The maximum absolute atomic E-state index is 3.18. The molecular weight excluding hydrogens is 135 g/mol. The van der Waals surface area contributed by atoms with Crippen LogP contribution in [0.5, 0.6) is 0 Å². The maximum atomic E-state index is 3.18. The van der Waals surface area contributed by atoms with Crippen LogP contribution in [0.1, 0.15) is 25.7 Å². The molecule has 1 aliphatic carbocycles. The molecule has 44 valence electrons. The fraction of sp³-hybridized carbons (Fsp3) is 0.500. The quantitative estimate of drug-likeness (QED) is 0.319. The van der Waals surface area contributed by atoms with Crippen molar-refractivity contribution < 1.29 is 51.4 Å². The van der Waals surface area contributed by atoms with Gasteiger partial charge in [-0.15, -0.1) is 6.42 Å². The summed E-state index contributed by atoms with van der Waals surface area (Å²) in [5.74, 6) is 0. The number of hydrogen-bond acceptors (Lipinski definition) is 0. The van der Waals surface area contributed by atoms with Crippen LogP contribution in [0, 0.1) is 6.08 Å². The van der Waals surface area contributed by atoms with E-state index in [1.165, 1.54) is 19.3 Å². The fourth-order valence-electron chi connectivity index (χ4n) is 0.805. The molecule has 1 heteroatoms. The van der Waals surface area contributed by atoms with Gasteiger partial charge in [0.15, 0.2) is 0 Å². The standard InChI is InChI=1S/C8H11.K/c1-2-4-6-8-7-5-3-1;/h1-3H,4,6-8H2;/q-1;+1/b2-1-;. The van der Waals surface area contributed by atoms with Crippen LogP contribution in [0.4, 0.5) is 0 Å². The van der Waals surface area contributed by atoms with Crippen molar-refractivity contribution in [3.05, 3.63) is 24.3 Å². The zero-order valence-electron chi connectivity index (χ0n) is 6.06. The van der Waals surface area contributed by atoms with E-state index in [0.717, 1.165) is 6.42 Å². The van der Waals surface area contributed by atoms with Crippen LogP contribution in [0.2, 0.25) is 0 Å². The zero-order chi connectivity index (χ0) is 5.66. The third-order valence-corrected chi connectivity index (χ3v) is 1.29. The van der Waals surface area contributed by atoms with Gasteiger partial charge in [-0.2, -0.15) is 6.08 Å². The minimum absolute atomic E-state index is 0. The predicted octanol–water partition coefficient (Wildman–Crippen LogP) is -0.520. The molecule has 0 saturated heterocycles. The zero-order valence-corrected chi connectivity index (χ0v) is 9.18. The predicted molar refractivity (Wildman–Crippen MR) is 35.4 cm³/mol. The van der Waals surface area contributed by atoms with Crippen LogP contribution in [0.3, 0.4) is 0 Å². The first kappa shape index (κ1) is 10.1. The van der Waals surface area contributed by atoms with Gasteiger partial charge in [0.1, 0.15) is 0 Å². The van der Waals surface area contributed by atoms with E-state index in [0.29, 0.717) is 0 Å². The molecule has 1 aliphatic rings. The summed E-state index contributed by atoms with van der Waals surface area (Å²) in [6.07, 6.45) is 14.5. The molecule has 0 heterocycles. The summed E-state index contributed by atoms with van der Waals surface area (Å²) < 4.78 is 0. The SMILES string of the molecule is [C-]1=C/C=C\CCCC1.[K+]. The molecule has 0 aromatic carbocycles. The van der Waals surface area contributed by atoms with Gasteiger partial charge in [0.2, 0.25) is 0 Å². The Kier molecular flexibility index (Phi) is 8.12.